The number of benzene rings is 1. The average molecular weight is 386 g/mol. The molecule has 1 fully saturated rings. The van der Waals surface area contributed by atoms with E-state index in [0.29, 0.717) is 24.2 Å². The first-order valence-electron chi connectivity index (χ1n) is 9.96. The van der Waals surface area contributed by atoms with Crippen molar-refractivity contribution in [1.29, 1.82) is 0 Å². The van der Waals surface area contributed by atoms with Crippen LogP contribution in [0.1, 0.15) is 50.7 Å². The van der Waals surface area contributed by atoms with Crippen molar-refractivity contribution in [2.45, 2.75) is 39.5 Å². The second-order valence-electron chi connectivity index (χ2n) is 6.94. The van der Waals surface area contributed by atoms with E-state index in [0.717, 1.165) is 38.8 Å². The summed E-state index contributed by atoms with van der Waals surface area (Å²) in [5, 5.41) is 20.2. The molecule has 0 aliphatic carbocycles. The predicted molar refractivity (Wildman–Crippen MR) is 111 cm³/mol. The van der Waals surface area contributed by atoms with E-state index in [1.807, 2.05) is 13.8 Å². The number of amides is 2. The third-order valence-electron chi connectivity index (χ3n) is 4.84. The van der Waals surface area contributed by atoms with Crippen LogP contribution in [0.3, 0.4) is 0 Å². The maximum absolute atomic E-state index is 12.3. The Morgan fingerprint density at radius 2 is 1.61 bits per heavy atom. The van der Waals surface area contributed by atoms with Gasteiger partial charge in [0.2, 0.25) is 11.8 Å². The van der Waals surface area contributed by atoms with Gasteiger partial charge in [0.1, 0.15) is 11.5 Å². The van der Waals surface area contributed by atoms with Gasteiger partial charge < -0.3 is 20.0 Å². The monoisotopic (exact) mass is 386 g/mol. The molecule has 152 valence electrons. The fraction of sp³-hybridized carbons (Fsp3) is 0.455. The number of rotatable bonds is 7. The topological polar surface area (TPSA) is 81.1 Å². The number of piperidine rings is 1. The molecule has 2 rings (SSSR count). The molecule has 28 heavy (non-hydrogen) atoms. The van der Waals surface area contributed by atoms with Gasteiger partial charge in [0.25, 0.3) is 0 Å². The average Bonchev–Trinajstić information content (AvgIpc) is 2.70. The molecule has 0 atom stereocenters. The molecular weight excluding hydrogens is 356 g/mol. The first-order chi connectivity index (χ1) is 13.5. The van der Waals surface area contributed by atoms with Gasteiger partial charge >= 0.3 is 0 Å². The molecule has 0 unspecified atom stereocenters. The van der Waals surface area contributed by atoms with E-state index in [1.165, 1.54) is 24.3 Å². The van der Waals surface area contributed by atoms with Crippen LogP contribution >= 0.6 is 0 Å². The van der Waals surface area contributed by atoms with Crippen molar-refractivity contribution >= 4 is 24.0 Å². The second-order valence-corrected chi connectivity index (χ2v) is 6.94. The minimum Gasteiger partial charge on any atom is -0.507 e. The normalized spacial score (nSPS) is 14.7. The first-order valence-corrected chi connectivity index (χ1v) is 9.96. The lowest BCUT2D eigenvalue weighted by Gasteiger charge is -2.25. The molecule has 0 spiro atoms. The molecule has 6 heteroatoms. The van der Waals surface area contributed by atoms with Crippen molar-refractivity contribution in [3.63, 3.8) is 0 Å². The number of phenols is 2. The molecule has 0 radical (unpaired) electrons. The molecule has 0 saturated carbocycles. The smallest absolute Gasteiger partial charge is 0.246 e. The van der Waals surface area contributed by atoms with Crippen LogP contribution in [-0.2, 0) is 9.59 Å². The van der Waals surface area contributed by atoms with Gasteiger partial charge in [0.05, 0.1) is 0 Å². The zero-order valence-electron chi connectivity index (χ0n) is 16.7. The quantitative estimate of drug-likeness (QED) is 0.704. The summed E-state index contributed by atoms with van der Waals surface area (Å²) in [6, 6.07) is 2.78. The van der Waals surface area contributed by atoms with E-state index in [9.17, 15) is 19.8 Å². The molecule has 6 nitrogen and oxygen atoms in total. The molecule has 0 aromatic heterocycles. The molecule has 0 bridgehead atoms. The van der Waals surface area contributed by atoms with Crippen LogP contribution in [0.25, 0.3) is 12.2 Å². The van der Waals surface area contributed by atoms with Crippen molar-refractivity contribution in [1.82, 2.24) is 9.80 Å². The van der Waals surface area contributed by atoms with Crippen LogP contribution in [0.15, 0.2) is 24.3 Å². The molecule has 1 heterocycles. The minimum absolute atomic E-state index is 0.0856. The summed E-state index contributed by atoms with van der Waals surface area (Å²) in [6.07, 6.45) is 9.97. The van der Waals surface area contributed by atoms with Crippen molar-refractivity contribution in [2.75, 3.05) is 26.2 Å². The van der Waals surface area contributed by atoms with Gasteiger partial charge in [-0.2, -0.15) is 0 Å². The summed E-state index contributed by atoms with van der Waals surface area (Å²) < 4.78 is 0. The van der Waals surface area contributed by atoms with Crippen LogP contribution in [-0.4, -0.2) is 58.0 Å². The molecule has 1 saturated heterocycles. The number of likely N-dealkylation sites (N-methyl/N-ethyl adjacent to an activating group) is 1. The Hall–Kier alpha value is -2.76. The first kappa shape index (κ1) is 21.5. The number of likely N-dealkylation sites (tertiary alicyclic amines) is 1. The fourth-order valence-corrected chi connectivity index (χ4v) is 3.22. The molecule has 1 aromatic rings. The largest absolute Gasteiger partial charge is 0.507 e. The number of aromatic hydroxyl groups is 2. The Kier molecular flexibility index (Phi) is 8.11. The second kappa shape index (κ2) is 10.5. The summed E-state index contributed by atoms with van der Waals surface area (Å²) in [5.74, 6) is -0.462. The summed E-state index contributed by atoms with van der Waals surface area (Å²) in [7, 11) is 0. The van der Waals surface area contributed by atoms with E-state index in [1.54, 1.807) is 21.9 Å². The number of phenolic OH excluding ortho intramolecular Hbond substituents is 2. The van der Waals surface area contributed by atoms with Crippen molar-refractivity contribution in [2.24, 2.45) is 0 Å². The highest BCUT2D eigenvalue weighted by Crippen LogP contribution is 2.29. The Morgan fingerprint density at radius 3 is 2.18 bits per heavy atom. The van der Waals surface area contributed by atoms with Gasteiger partial charge in [-0.3, -0.25) is 9.59 Å². The van der Waals surface area contributed by atoms with E-state index in [4.69, 9.17) is 0 Å². The predicted octanol–water partition coefficient (Wildman–Crippen LogP) is 3.40. The summed E-state index contributed by atoms with van der Waals surface area (Å²) in [4.78, 5) is 28.0. The Bertz CT molecular complexity index is 701. The van der Waals surface area contributed by atoms with Gasteiger partial charge in [-0.15, -0.1) is 0 Å². The zero-order valence-corrected chi connectivity index (χ0v) is 16.7. The standard InChI is InChI=1S/C22H30N2O4/c1-3-12-23(4-2)21(27)10-8-17-15-18(20(26)16-19(17)25)9-11-22(28)24-13-6-5-7-14-24/h8-11,15-16,25-26H,3-7,12-14H2,1-2H3/b10-8+,11-9+. The third-order valence-corrected chi connectivity index (χ3v) is 4.84. The Labute approximate surface area is 166 Å². The molecular formula is C22H30N2O4. The van der Waals surface area contributed by atoms with Gasteiger partial charge in [0.15, 0.2) is 0 Å². The maximum Gasteiger partial charge on any atom is 0.246 e. The fourth-order valence-electron chi connectivity index (χ4n) is 3.22. The van der Waals surface area contributed by atoms with Gasteiger partial charge in [-0.25, -0.2) is 0 Å². The number of hydrogen-bond donors (Lipinski definition) is 2. The zero-order chi connectivity index (χ0) is 20.5. The van der Waals surface area contributed by atoms with E-state index in [-0.39, 0.29) is 23.3 Å². The number of carbonyl (C=O) groups is 2. The van der Waals surface area contributed by atoms with Crippen molar-refractivity contribution in [3.05, 3.63) is 35.4 Å². The van der Waals surface area contributed by atoms with E-state index >= 15 is 0 Å². The Balaban J connectivity index is 2.14. The highest BCUT2D eigenvalue weighted by Gasteiger charge is 2.14. The molecule has 1 aliphatic heterocycles. The van der Waals surface area contributed by atoms with Crippen LogP contribution in [0, 0.1) is 0 Å². The SMILES string of the molecule is CCCN(CC)C(=O)/C=C/c1cc(/C=C/C(=O)N2CCCCC2)c(O)cc1O. The molecule has 2 N–H and O–H groups in total. The van der Waals surface area contributed by atoms with Gasteiger partial charge in [-0.05, 0) is 50.8 Å². The van der Waals surface area contributed by atoms with Gasteiger partial charge in [0, 0.05) is 55.5 Å². The van der Waals surface area contributed by atoms with E-state index < -0.39 is 0 Å². The summed E-state index contributed by atoms with van der Waals surface area (Å²) in [5.41, 5.74) is 0.819. The summed E-state index contributed by atoms with van der Waals surface area (Å²) >= 11 is 0. The molecule has 2 amide bonds. The molecule has 1 aliphatic rings. The van der Waals surface area contributed by atoms with Crippen molar-refractivity contribution in [3.8, 4) is 11.5 Å². The number of carbonyl (C=O) groups excluding carboxylic acids is 2. The molecule has 1 aromatic carbocycles. The highest BCUT2D eigenvalue weighted by atomic mass is 16.3. The van der Waals surface area contributed by atoms with Crippen LogP contribution in [0.4, 0.5) is 0 Å². The lowest BCUT2D eigenvalue weighted by Crippen LogP contribution is -2.34. The Morgan fingerprint density at radius 1 is 1.00 bits per heavy atom. The minimum atomic E-state index is -0.130. The van der Waals surface area contributed by atoms with Crippen molar-refractivity contribution < 1.29 is 19.8 Å². The highest BCUT2D eigenvalue weighted by molar-refractivity contribution is 5.93. The van der Waals surface area contributed by atoms with Crippen LogP contribution in [0.2, 0.25) is 0 Å². The van der Waals surface area contributed by atoms with Gasteiger partial charge in [-0.1, -0.05) is 6.92 Å². The maximum atomic E-state index is 12.3. The van der Waals surface area contributed by atoms with Crippen LogP contribution < -0.4 is 0 Å². The number of nitrogens with zero attached hydrogens (tertiary/aromatic N) is 2. The lowest BCUT2D eigenvalue weighted by atomic mass is 10.1. The van der Waals surface area contributed by atoms with Crippen LogP contribution in [0.5, 0.6) is 11.5 Å². The third kappa shape index (κ3) is 5.87. The number of hydrogen-bond acceptors (Lipinski definition) is 4. The summed E-state index contributed by atoms with van der Waals surface area (Å²) in [6.45, 7) is 6.73. The lowest BCUT2D eigenvalue weighted by molar-refractivity contribution is -0.127. The van der Waals surface area contributed by atoms with E-state index in [2.05, 4.69) is 0 Å².